The summed E-state index contributed by atoms with van der Waals surface area (Å²) in [5, 5.41) is 34.6. The fourth-order valence-corrected chi connectivity index (χ4v) is 7.24. The first-order chi connectivity index (χ1) is 25.5. The minimum Gasteiger partial charge on any atom is -0.394 e. The second-order valence-corrected chi connectivity index (χ2v) is 15.2. The van der Waals surface area contributed by atoms with E-state index in [1.807, 2.05) is 64.1 Å². The molecule has 3 amide bonds. The van der Waals surface area contributed by atoms with Crippen molar-refractivity contribution in [2.45, 2.75) is 117 Å². The molecule has 0 spiro atoms. The molecule has 5 atom stereocenters. The molecule has 0 radical (unpaired) electrons. The zero-order chi connectivity index (χ0) is 38.3. The number of hydrogen-bond acceptors (Lipinski definition) is 5. The van der Waals surface area contributed by atoms with Crippen LogP contribution in [0.15, 0.2) is 84.9 Å². The number of aliphatic hydroxyl groups is 2. The molecular weight excluding hydrogens is 663 g/mol. The highest BCUT2D eigenvalue weighted by Gasteiger charge is 2.31. The number of carbonyl (C=O) groups excluding carboxylic acids is 3. The van der Waals surface area contributed by atoms with Crippen LogP contribution in [0, 0.1) is 17.8 Å². The van der Waals surface area contributed by atoms with Crippen molar-refractivity contribution < 1.29 is 24.6 Å². The lowest BCUT2D eigenvalue weighted by Gasteiger charge is -2.29. The maximum absolute atomic E-state index is 14.5. The van der Waals surface area contributed by atoms with E-state index in [1.54, 1.807) is 0 Å². The third-order valence-electron chi connectivity index (χ3n) is 10.6. The van der Waals surface area contributed by atoms with Gasteiger partial charge in [0.25, 0.3) is 0 Å². The molecule has 0 bridgehead atoms. The summed E-state index contributed by atoms with van der Waals surface area (Å²) < 4.78 is 0. The molecule has 286 valence electrons. The van der Waals surface area contributed by atoms with Gasteiger partial charge in [0, 0.05) is 5.92 Å². The van der Waals surface area contributed by atoms with E-state index in [2.05, 4.69) is 71.4 Å². The summed E-state index contributed by atoms with van der Waals surface area (Å²) in [4.78, 5) is 41.6. The van der Waals surface area contributed by atoms with Gasteiger partial charge in [-0.2, -0.15) is 0 Å². The largest absolute Gasteiger partial charge is 0.394 e. The van der Waals surface area contributed by atoms with Gasteiger partial charge < -0.3 is 26.2 Å². The highest BCUT2D eigenvalue weighted by atomic mass is 16.3. The number of hydrogen-bond donors (Lipinski definition) is 5. The van der Waals surface area contributed by atoms with Gasteiger partial charge in [0.15, 0.2) is 0 Å². The monoisotopic (exact) mass is 723 g/mol. The van der Waals surface area contributed by atoms with E-state index < -0.39 is 30.1 Å². The lowest BCUT2D eigenvalue weighted by atomic mass is 9.87. The Labute approximate surface area is 316 Å². The summed E-state index contributed by atoms with van der Waals surface area (Å²) >= 11 is 0. The van der Waals surface area contributed by atoms with Gasteiger partial charge in [-0.3, -0.25) is 14.4 Å². The van der Waals surface area contributed by atoms with Crippen molar-refractivity contribution in [1.82, 2.24) is 16.0 Å². The quantitative estimate of drug-likeness (QED) is 0.0579. The SMILES string of the molecule is CCCCC[C@H](NC(=O)C(Cc1cccc2ccccc12)Cc1cccc2ccccc12)C(=O)NC(CC(C)C)C(O)CC(=O)N[C@H](CO)C(C)CC. The van der Waals surface area contributed by atoms with Crippen LogP contribution in [0.5, 0.6) is 0 Å². The van der Waals surface area contributed by atoms with Crippen molar-refractivity contribution >= 4 is 39.3 Å². The highest BCUT2D eigenvalue weighted by molar-refractivity contribution is 5.91. The molecule has 4 rings (SSSR count). The number of amides is 3. The second kappa shape index (κ2) is 20.8. The first-order valence-corrected chi connectivity index (χ1v) is 19.7. The standard InChI is InChI=1S/C45H61N3O5/c1-6-8-9-24-39(45(53)48-40(25-30(3)4)42(50)28-43(51)46-41(29-49)31(5)7-2)47-44(52)36(26-34-20-14-18-32-16-10-12-22-37(32)34)27-35-21-15-19-33-17-11-13-23-38(33)35/h10-23,30-31,36,39-42,49-50H,6-9,24-29H2,1-5H3,(H,46,51)(H,47,52)(H,48,53)/t31?,39-,40?,41+,42?/m0/s1. The Kier molecular flexibility index (Phi) is 16.3. The number of unbranched alkanes of at least 4 members (excludes halogenated alkanes) is 2. The Bertz CT molecular complexity index is 1680. The van der Waals surface area contributed by atoms with Crippen LogP contribution in [0.2, 0.25) is 0 Å². The molecule has 4 aromatic rings. The molecule has 3 unspecified atom stereocenters. The molecule has 0 saturated heterocycles. The van der Waals surface area contributed by atoms with Crippen molar-refractivity contribution in [3.05, 3.63) is 96.1 Å². The molecule has 0 heterocycles. The minimum absolute atomic E-state index is 0.0739. The van der Waals surface area contributed by atoms with Gasteiger partial charge in [-0.15, -0.1) is 0 Å². The summed E-state index contributed by atoms with van der Waals surface area (Å²) in [6, 6.07) is 26.9. The summed E-state index contributed by atoms with van der Waals surface area (Å²) in [6.07, 6.45) is 3.96. The Morgan fingerprint density at radius 3 is 1.77 bits per heavy atom. The number of carbonyl (C=O) groups is 3. The first-order valence-electron chi connectivity index (χ1n) is 19.7. The van der Waals surface area contributed by atoms with E-state index in [9.17, 15) is 24.6 Å². The Morgan fingerprint density at radius 2 is 1.25 bits per heavy atom. The smallest absolute Gasteiger partial charge is 0.242 e. The lowest BCUT2D eigenvalue weighted by molar-refractivity contribution is -0.132. The maximum atomic E-state index is 14.5. The average Bonchev–Trinajstić information content (AvgIpc) is 3.15. The third-order valence-corrected chi connectivity index (χ3v) is 10.6. The topological polar surface area (TPSA) is 128 Å². The van der Waals surface area contributed by atoms with Gasteiger partial charge in [0.2, 0.25) is 17.7 Å². The second-order valence-electron chi connectivity index (χ2n) is 15.2. The molecule has 8 nitrogen and oxygen atoms in total. The molecule has 4 aromatic carbocycles. The predicted molar refractivity (Wildman–Crippen MR) is 215 cm³/mol. The van der Waals surface area contributed by atoms with Crippen molar-refractivity contribution in [2.24, 2.45) is 17.8 Å². The van der Waals surface area contributed by atoms with E-state index in [-0.39, 0.29) is 42.6 Å². The van der Waals surface area contributed by atoms with E-state index in [0.29, 0.717) is 25.7 Å². The highest BCUT2D eigenvalue weighted by Crippen LogP contribution is 2.27. The summed E-state index contributed by atoms with van der Waals surface area (Å²) in [6.45, 7) is 9.87. The molecule has 0 saturated carbocycles. The maximum Gasteiger partial charge on any atom is 0.242 e. The molecule has 0 aliphatic carbocycles. The van der Waals surface area contributed by atoms with Gasteiger partial charge in [0.05, 0.1) is 31.2 Å². The Morgan fingerprint density at radius 1 is 0.679 bits per heavy atom. The number of rotatable bonds is 21. The van der Waals surface area contributed by atoms with Crippen LogP contribution < -0.4 is 16.0 Å². The zero-order valence-corrected chi connectivity index (χ0v) is 32.3. The Balaban J connectivity index is 1.59. The van der Waals surface area contributed by atoms with Crippen LogP contribution in [-0.2, 0) is 27.2 Å². The fourth-order valence-electron chi connectivity index (χ4n) is 7.24. The predicted octanol–water partition coefficient (Wildman–Crippen LogP) is 7.26. The fraction of sp³-hybridized carbons (Fsp3) is 0.489. The van der Waals surface area contributed by atoms with Gasteiger partial charge in [-0.05, 0) is 70.2 Å². The summed E-state index contributed by atoms with van der Waals surface area (Å²) in [5.74, 6) is -1.19. The average molecular weight is 724 g/mol. The van der Waals surface area contributed by atoms with Crippen LogP contribution in [0.1, 0.15) is 90.7 Å². The number of aliphatic hydroxyl groups excluding tert-OH is 2. The van der Waals surface area contributed by atoms with E-state index >= 15 is 0 Å². The van der Waals surface area contributed by atoms with Gasteiger partial charge >= 0.3 is 0 Å². The van der Waals surface area contributed by atoms with Crippen LogP contribution >= 0.6 is 0 Å². The first kappa shape index (κ1) is 41.5. The lowest BCUT2D eigenvalue weighted by Crippen LogP contribution is -2.54. The minimum atomic E-state index is -1.14. The molecule has 0 aliphatic rings. The summed E-state index contributed by atoms with van der Waals surface area (Å²) in [5.41, 5.74) is 2.15. The zero-order valence-electron chi connectivity index (χ0n) is 32.3. The van der Waals surface area contributed by atoms with Crippen molar-refractivity contribution in [2.75, 3.05) is 6.61 Å². The molecule has 8 heteroatoms. The molecule has 5 N–H and O–H groups in total. The van der Waals surface area contributed by atoms with Gasteiger partial charge in [-0.1, -0.05) is 145 Å². The van der Waals surface area contributed by atoms with Gasteiger partial charge in [-0.25, -0.2) is 0 Å². The molecule has 0 aliphatic heterocycles. The van der Waals surface area contributed by atoms with Crippen LogP contribution in [0.25, 0.3) is 21.5 Å². The number of benzene rings is 4. The normalized spacial score (nSPS) is 14.5. The summed E-state index contributed by atoms with van der Waals surface area (Å²) in [7, 11) is 0. The van der Waals surface area contributed by atoms with E-state index in [4.69, 9.17) is 0 Å². The van der Waals surface area contributed by atoms with Crippen molar-refractivity contribution in [3.63, 3.8) is 0 Å². The molecule has 0 fully saturated rings. The van der Waals surface area contributed by atoms with Crippen molar-refractivity contribution in [3.8, 4) is 0 Å². The van der Waals surface area contributed by atoms with Gasteiger partial charge in [0.1, 0.15) is 6.04 Å². The Hall–Kier alpha value is -4.27. The van der Waals surface area contributed by atoms with Crippen LogP contribution in [0.4, 0.5) is 0 Å². The molecule has 0 aromatic heterocycles. The van der Waals surface area contributed by atoms with Crippen LogP contribution in [-0.4, -0.2) is 58.8 Å². The van der Waals surface area contributed by atoms with Crippen LogP contribution in [0.3, 0.4) is 0 Å². The molecular formula is C45H61N3O5. The number of fused-ring (bicyclic) bond motifs is 2. The van der Waals surface area contributed by atoms with E-state index in [0.717, 1.165) is 58.4 Å². The molecule has 53 heavy (non-hydrogen) atoms. The third kappa shape index (κ3) is 12.1. The number of nitrogens with one attached hydrogen (secondary N) is 3. The van der Waals surface area contributed by atoms with Crippen molar-refractivity contribution in [1.29, 1.82) is 0 Å². The van der Waals surface area contributed by atoms with E-state index in [1.165, 1.54) is 0 Å².